The standard InChI is InChI=1S/C37H27BrClN3O5S/c38-26-16-14-23(15-17-26)20-32(42-34(43)25-10-5-2-6-11-25)35(44)40-27-12-7-13-29(21-27)48-33(24-8-3-1-4-9-24)36(45)41-28-18-19-31(39)30(22-28)37(46)47/h1-22,33H,(H,40,44)(H,41,45)(H,42,43)(H,46,47)/b32-20-. The van der Waals surface area contributed by atoms with E-state index < -0.39 is 23.0 Å². The smallest absolute Gasteiger partial charge is 0.337 e. The van der Waals surface area contributed by atoms with Crippen molar-refractivity contribution in [2.24, 2.45) is 0 Å². The summed E-state index contributed by atoms with van der Waals surface area (Å²) in [5.74, 6) is -2.58. The molecule has 0 aromatic heterocycles. The van der Waals surface area contributed by atoms with Crippen molar-refractivity contribution in [3.8, 4) is 0 Å². The molecule has 5 aromatic carbocycles. The van der Waals surface area contributed by atoms with Crippen molar-refractivity contribution in [3.05, 3.63) is 165 Å². The fourth-order valence-electron chi connectivity index (χ4n) is 4.53. The number of carbonyl (C=O) groups is 4. The van der Waals surface area contributed by atoms with Gasteiger partial charge in [-0.2, -0.15) is 0 Å². The maximum atomic E-state index is 13.6. The number of hydrogen-bond acceptors (Lipinski definition) is 5. The van der Waals surface area contributed by atoms with Gasteiger partial charge in [0.05, 0.1) is 10.6 Å². The molecule has 0 fully saturated rings. The minimum Gasteiger partial charge on any atom is -0.478 e. The molecule has 0 saturated heterocycles. The largest absolute Gasteiger partial charge is 0.478 e. The second kappa shape index (κ2) is 16.1. The molecule has 0 aliphatic rings. The van der Waals surface area contributed by atoms with E-state index in [-0.39, 0.29) is 27.9 Å². The highest BCUT2D eigenvalue weighted by Crippen LogP contribution is 2.37. The van der Waals surface area contributed by atoms with Gasteiger partial charge >= 0.3 is 5.97 Å². The van der Waals surface area contributed by atoms with Gasteiger partial charge in [-0.05, 0) is 77.9 Å². The van der Waals surface area contributed by atoms with Gasteiger partial charge in [0, 0.05) is 26.3 Å². The Balaban J connectivity index is 1.38. The van der Waals surface area contributed by atoms with Crippen molar-refractivity contribution >= 4 is 80.4 Å². The summed E-state index contributed by atoms with van der Waals surface area (Å²) in [5, 5.41) is 17.2. The molecule has 0 radical (unpaired) electrons. The zero-order chi connectivity index (χ0) is 34.0. The van der Waals surface area contributed by atoms with Crippen LogP contribution in [-0.2, 0) is 9.59 Å². The second-order valence-corrected chi connectivity index (χ2v) is 12.8. The zero-order valence-corrected chi connectivity index (χ0v) is 28.2. The Morgan fingerprint density at radius 3 is 2.10 bits per heavy atom. The summed E-state index contributed by atoms with van der Waals surface area (Å²) in [6.45, 7) is 0. The highest BCUT2D eigenvalue weighted by Gasteiger charge is 2.23. The van der Waals surface area contributed by atoms with Gasteiger partial charge in [-0.1, -0.05) is 94.3 Å². The predicted octanol–water partition coefficient (Wildman–Crippen LogP) is 8.68. The molecule has 240 valence electrons. The number of carbonyl (C=O) groups excluding carboxylic acids is 3. The minimum absolute atomic E-state index is 0.0365. The number of aromatic carboxylic acids is 1. The van der Waals surface area contributed by atoms with E-state index in [1.807, 2.05) is 60.7 Å². The van der Waals surface area contributed by atoms with E-state index in [2.05, 4.69) is 31.9 Å². The van der Waals surface area contributed by atoms with E-state index in [9.17, 15) is 24.3 Å². The topological polar surface area (TPSA) is 125 Å². The van der Waals surface area contributed by atoms with Gasteiger partial charge in [-0.25, -0.2) is 4.79 Å². The van der Waals surface area contributed by atoms with Crippen LogP contribution >= 0.6 is 39.3 Å². The number of carboxylic acid groups (broad SMARTS) is 1. The van der Waals surface area contributed by atoms with Crippen LogP contribution in [0.5, 0.6) is 0 Å². The first-order chi connectivity index (χ1) is 23.2. The van der Waals surface area contributed by atoms with Crippen LogP contribution < -0.4 is 16.0 Å². The Kier molecular flexibility index (Phi) is 11.5. The molecule has 5 aromatic rings. The van der Waals surface area contributed by atoms with Crippen LogP contribution in [-0.4, -0.2) is 28.8 Å². The molecule has 8 nitrogen and oxygen atoms in total. The molecule has 0 aliphatic heterocycles. The molecule has 0 heterocycles. The molecule has 0 aliphatic carbocycles. The van der Waals surface area contributed by atoms with Crippen molar-refractivity contribution in [2.75, 3.05) is 10.6 Å². The third kappa shape index (κ3) is 9.22. The van der Waals surface area contributed by atoms with E-state index in [1.54, 1.807) is 54.6 Å². The number of rotatable bonds is 11. The Labute approximate surface area is 294 Å². The van der Waals surface area contributed by atoms with E-state index in [1.165, 1.54) is 30.0 Å². The average molecular weight is 741 g/mol. The van der Waals surface area contributed by atoms with E-state index >= 15 is 0 Å². The van der Waals surface area contributed by atoms with E-state index in [0.717, 1.165) is 4.47 Å². The Hall–Kier alpha value is -5.16. The van der Waals surface area contributed by atoms with Crippen LogP contribution in [0.25, 0.3) is 6.08 Å². The maximum Gasteiger partial charge on any atom is 0.337 e. The van der Waals surface area contributed by atoms with Gasteiger partial charge in [0.1, 0.15) is 10.9 Å². The van der Waals surface area contributed by atoms with Crippen LogP contribution in [0, 0.1) is 0 Å². The first kappa shape index (κ1) is 34.2. The van der Waals surface area contributed by atoms with Crippen molar-refractivity contribution in [1.82, 2.24) is 5.32 Å². The number of hydrogen-bond donors (Lipinski definition) is 4. The fourth-order valence-corrected chi connectivity index (χ4v) is 6.07. The Morgan fingerprint density at radius 1 is 0.750 bits per heavy atom. The van der Waals surface area contributed by atoms with Crippen LogP contribution in [0.3, 0.4) is 0 Å². The molecule has 4 N–H and O–H groups in total. The zero-order valence-electron chi connectivity index (χ0n) is 25.0. The Bertz CT molecular complexity index is 1990. The lowest BCUT2D eigenvalue weighted by atomic mass is 10.1. The lowest BCUT2D eigenvalue weighted by molar-refractivity contribution is -0.116. The molecule has 0 spiro atoms. The molecule has 3 amide bonds. The molecular weight excluding hydrogens is 714 g/mol. The number of amides is 3. The first-order valence-electron chi connectivity index (χ1n) is 14.5. The Morgan fingerprint density at radius 2 is 1.42 bits per heavy atom. The van der Waals surface area contributed by atoms with Gasteiger partial charge in [0.2, 0.25) is 5.91 Å². The van der Waals surface area contributed by atoms with Crippen LogP contribution in [0.1, 0.15) is 37.1 Å². The summed E-state index contributed by atoms with van der Waals surface area (Å²) >= 11 is 10.7. The van der Waals surface area contributed by atoms with Crippen molar-refractivity contribution in [3.63, 3.8) is 0 Å². The van der Waals surface area contributed by atoms with Gasteiger partial charge in [-0.15, -0.1) is 11.8 Å². The average Bonchev–Trinajstić information content (AvgIpc) is 3.09. The maximum absolute atomic E-state index is 13.6. The lowest BCUT2D eigenvalue weighted by Gasteiger charge is -2.18. The first-order valence-corrected chi connectivity index (χ1v) is 16.5. The lowest BCUT2D eigenvalue weighted by Crippen LogP contribution is -2.30. The van der Waals surface area contributed by atoms with Crippen LogP contribution in [0.2, 0.25) is 5.02 Å². The number of thioether (sulfide) groups is 1. The highest BCUT2D eigenvalue weighted by molar-refractivity contribution is 9.10. The van der Waals surface area contributed by atoms with Crippen LogP contribution in [0.15, 0.2) is 142 Å². The third-order valence-corrected chi connectivity index (χ3v) is 8.97. The summed E-state index contributed by atoms with van der Waals surface area (Å²) in [6.07, 6.45) is 1.59. The van der Waals surface area contributed by atoms with Crippen molar-refractivity contribution < 1.29 is 24.3 Å². The monoisotopic (exact) mass is 739 g/mol. The molecule has 11 heteroatoms. The van der Waals surface area contributed by atoms with Gasteiger partial charge in [0.25, 0.3) is 11.8 Å². The fraction of sp³-hybridized carbons (Fsp3) is 0.0270. The number of benzene rings is 5. The molecule has 0 saturated carbocycles. The SMILES string of the molecule is O=C(Nc1cccc(SC(C(=O)Nc2ccc(Cl)c(C(=O)O)c2)c2ccccc2)c1)/C(=C/c1ccc(Br)cc1)NC(=O)c1ccccc1. The quantitative estimate of drug-likeness (QED) is 0.0794. The third-order valence-electron chi connectivity index (χ3n) is 6.86. The summed E-state index contributed by atoms with van der Waals surface area (Å²) < 4.78 is 0.869. The summed E-state index contributed by atoms with van der Waals surface area (Å²) in [4.78, 5) is 52.5. The molecule has 5 rings (SSSR count). The number of halogens is 2. The summed E-state index contributed by atoms with van der Waals surface area (Å²) in [7, 11) is 0. The molecule has 1 atom stereocenters. The van der Waals surface area contributed by atoms with Gasteiger partial charge < -0.3 is 21.1 Å². The highest BCUT2D eigenvalue weighted by atomic mass is 79.9. The number of nitrogens with one attached hydrogen (secondary N) is 3. The van der Waals surface area contributed by atoms with Crippen molar-refractivity contribution in [1.29, 1.82) is 0 Å². The minimum atomic E-state index is -1.21. The normalized spacial score (nSPS) is 11.7. The predicted molar refractivity (Wildman–Crippen MR) is 193 cm³/mol. The molecular formula is C37H27BrClN3O5S. The number of anilines is 2. The van der Waals surface area contributed by atoms with Gasteiger partial charge in [-0.3, -0.25) is 14.4 Å². The second-order valence-electron chi connectivity index (χ2n) is 10.3. The molecule has 0 bridgehead atoms. The van der Waals surface area contributed by atoms with E-state index in [4.69, 9.17) is 11.6 Å². The summed E-state index contributed by atoms with van der Waals surface area (Å²) in [5.41, 5.74) is 2.45. The molecule has 48 heavy (non-hydrogen) atoms. The van der Waals surface area contributed by atoms with E-state index in [0.29, 0.717) is 27.3 Å². The van der Waals surface area contributed by atoms with Crippen LogP contribution in [0.4, 0.5) is 11.4 Å². The van der Waals surface area contributed by atoms with Gasteiger partial charge in [0.15, 0.2) is 0 Å². The number of carboxylic acids is 1. The molecule has 1 unspecified atom stereocenters. The summed E-state index contributed by atoms with van der Waals surface area (Å²) in [6, 6.07) is 36.2. The van der Waals surface area contributed by atoms with Crippen molar-refractivity contribution in [2.45, 2.75) is 10.1 Å².